The zero-order chi connectivity index (χ0) is 14.3. The van der Waals surface area contributed by atoms with Gasteiger partial charge in [0.25, 0.3) is 15.9 Å². The zero-order valence-electron chi connectivity index (χ0n) is 10.4. The van der Waals surface area contributed by atoms with Crippen LogP contribution >= 0.6 is 0 Å². The topological polar surface area (TPSA) is 74.7 Å². The summed E-state index contributed by atoms with van der Waals surface area (Å²) in [6, 6.07) is 12.6. The number of benzene rings is 2. The minimum atomic E-state index is -3.89. The van der Waals surface area contributed by atoms with E-state index in [-0.39, 0.29) is 22.8 Å². The molecule has 1 N–H and O–H groups in total. The van der Waals surface area contributed by atoms with Gasteiger partial charge in [0.15, 0.2) is 0 Å². The van der Waals surface area contributed by atoms with E-state index in [0.717, 1.165) is 15.9 Å². The SMILES string of the molecule is O=C1c2ccc(O)cc2S(=O)(=O)N1Cc1ccccc1. The first kappa shape index (κ1) is 12.7. The van der Waals surface area contributed by atoms with Crippen LogP contribution in [-0.4, -0.2) is 23.7 Å². The Morgan fingerprint density at radius 1 is 1.05 bits per heavy atom. The Morgan fingerprint density at radius 3 is 2.45 bits per heavy atom. The minimum Gasteiger partial charge on any atom is -0.508 e. The van der Waals surface area contributed by atoms with Crippen LogP contribution in [0.4, 0.5) is 0 Å². The first-order chi connectivity index (χ1) is 9.50. The molecule has 1 aliphatic heterocycles. The van der Waals surface area contributed by atoms with Crippen molar-refractivity contribution in [3.8, 4) is 5.75 Å². The van der Waals surface area contributed by atoms with Gasteiger partial charge in [0.05, 0.1) is 12.1 Å². The average Bonchev–Trinajstić information content (AvgIpc) is 2.61. The number of sulfonamides is 1. The minimum absolute atomic E-state index is 0.0164. The lowest BCUT2D eigenvalue weighted by molar-refractivity contribution is 0.0865. The highest BCUT2D eigenvalue weighted by atomic mass is 32.2. The maximum Gasteiger partial charge on any atom is 0.269 e. The monoisotopic (exact) mass is 289 g/mol. The molecule has 0 fully saturated rings. The van der Waals surface area contributed by atoms with Gasteiger partial charge in [0.2, 0.25) is 0 Å². The van der Waals surface area contributed by atoms with Crippen LogP contribution in [0.3, 0.4) is 0 Å². The quantitative estimate of drug-likeness (QED) is 0.913. The Kier molecular flexibility index (Phi) is 2.76. The van der Waals surface area contributed by atoms with Crippen molar-refractivity contribution in [2.75, 3.05) is 0 Å². The van der Waals surface area contributed by atoms with Crippen LogP contribution in [0.5, 0.6) is 5.75 Å². The highest BCUT2D eigenvalue weighted by Gasteiger charge is 2.41. The summed E-state index contributed by atoms with van der Waals surface area (Å²) in [5.74, 6) is -0.745. The Balaban J connectivity index is 2.06. The van der Waals surface area contributed by atoms with Crippen molar-refractivity contribution in [2.24, 2.45) is 0 Å². The van der Waals surface area contributed by atoms with Gasteiger partial charge in [-0.15, -0.1) is 0 Å². The molecule has 2 aromatic rings. The Labute approximate surface area is 116 Å². The van der Waals surface area contributed by atoms with Crippen LogP contribution in [0.25, 0.3) is 0 Å². The highest BCUT2D eigenvalue weighted by molar-refractivity contribution is 7.90. The van der Waals surface area contributed by atoms with Crippen molar-refractivity contribution < 1.29 is 18.3 Å². The smallest absolute Gasteiger partial charge is 0.269 e. The van der Waals surface area contributed by atoms with E-state index in [2.05, 4.69) is 0 Å². The summed E-state index contributed by atoms with van der Waals surface area (Å²) in [6.07, 6.45) is 0. The van der Waals surface area contributed by atoms with Crippen molar-refractivity contribution in [3.05, 3.63) is 59.7 Å². The van der Waals surface area contributed by atoms with Crippen molar-refractivity contribution >= 4 is 15.9 Å². The normalized spacial score (nSPS) is 16.2. The molecule has 0 spiro atoms. The van der Waals surface area contributed by atoms with Gasteiger partial charge in [0.1, 0.15) is 10.6 Å². The molecule has 0 unspecified atom stereocenters. The van der Waals surface area contributed by atoms with Gasteiger partial charge in [-0.25, -0.2) is 12.7 Å². The zero-order valence-corrected chi connectivity index (χ0v) is 11.2. The summed E-state index contributed by atoms with van der Waals surface area (Å²) in [5, 5.41) is 9.40. The van der Waals surface area contributed by atoms with E-state index in [4.69, 9.17) is 0 Å². The van der Waals surface area contributed by atoms with Crippen LogP contribution in [-0.2, 0) is 16.6 Å². The van der Waals surface area contributed by atoms with Crippen LogP contribution in [0.15, 0.2) is 53.4 Å². The number of hydrogen-bond donors (Lipinski definition) is 1. The van der Waals surface area contributed by atoms with E-state index < -0.39 is 15.9 Å². The first-order valence-electron chi connectivity index (χ1n) is 5.94. The number of fused-ring (bicyclic) bond motifs is 1. The van der Waals surface area contributed by atoms with Gasteiger partial charge in [-0.2, -0.15) is 0 Å². The summed E-state index contributed by atoms with van der Waals surface area (Å²) in [7, 11) is -3.89. The van der Waals surface area contributed by atoms with Gasteiger partial charge in [0, 0.05) is 6.07 Å². The third-order valence-electron chi connectivity index (χ3n) is 3.16. The van der Waals surface area contributed by atoms with Crippen LogP contribution in [0.1, 0.15) is 15.9 Å². The molecule has 0 bridgehead atoms. The summed E-state index contributed by atoms with van der Waals surface area (Å²) in [4.78, 5) is 12.1. The molecule has 0 atom stereocenters. The molecule has 20 heavy (non-hydrogen) atoms. The van der Waals surface area contributed by atoms with Crippen molar-refractivity contribution in [1.82, 2.24) is 4.31 Å². The molecule has 3 rings (SSSR count). The van der Waals surface area contributed by atoms with Gasteiger partial charge >= 0.3 is 0 Å². The van der Waals surface area contributed by atoms with E-state index in [9.17, 15) is 18.3 Å². The third-order valence-corrected chi connectivity index (χ3v) is 4.93. The molecule has 6 heteroatoms. The predicted molar refractivity (Wildman–Crippen MR) is 71.6 cm³/mol. The fraction of sp³-hybridized carbons (Fsp3) is 0.0714. The highest BCUT2D eigenvalue weighted by Crippen LogP contribution is 2.33. The summed E-state index contributed by atoms with van der Waals surface area (Å²) < 4.78 is 25.5. The predicted octanol–water partition coefficient (Wildman–Crippen LogP) is 1.74. The average molecular weight is 289 g/mol. The second kappa shape index (κ2) is 4.35. The van der Waals surface area contributed by atoms with Crippen LogP contribution < -0.4 is 0 Å². The van der Waals surface area contributed by atoms with Crippen molar-refractivity contribution in [3.63, 3.8) is 0 Å². The molecular formula is C14H11NO4S. The Hall–Kier alpha value is -2.34. The summed E-state index contributed by atoms with van der Waals surface area (Å²) >= 11 is 0. The molecule has 1 heterocycles. The van der Waals surface area contributed by atoms with E-state index in [0.29, 0.717) is 0 Å². The van der Waals surface area contributed by atoms with E-state index in [1.807, 2.05) is 6.07 Å². The molecule has 1 aliphatic rings. The largest absolute Gasteiger partial charge is 0.508 e. The number of phenolic OH excluding ortho intramolecular Hbond substituents is 1. The van der Waals surface area contributed by atoms with E-state index >= 15 is 0 Å². The van der Waals surface area contributed by atoms with Gasteiger partial charge in [-0.05, 0) is 17.7 Å². The molecular weight excluding hydrogens is 278 g/mol. The standard InChI is InChI=1S/C14H11NO4S/c16-11-6-7-12-13(8-11)20(18,19)15(14(12)17)9-10-4-2-1-3-5-10/h1-8,16H,9H2. The van der Waals surface area contributed by atoms with Crippen LogP contribution in [0.2, 0.25) is 0 Å². The number of nitrogens with zero attached hydrogens (tertiary/aromatic N) is 1. The van der Waals surface area contributed by atoms with Gasteiger partial charge < -0.3 is 5.11 Å². The molecule has 0 saturated carbocycles. The number of amides is 1. The van der Waals surface area contributed by atoms with E-state index in [1.54, 1.807) is 24.3 Å². The second-order valence-electron chi connectivity index (χ2n) is 4.48. The molecule has 5 nitrogen and oxygen atoms in total. The summed E-state index contributed by atoms with van der Waals surface area (Å²) in [5.41, 5.74) is 0.820. The lowest BCUT2D eigenvalue weighted by atomic mass is 10.2. The van der Waals surface area contributed by atoms with Gasteiger partial charge in [-0.3, -0.25) is 4.79 Å². The maximum absolute atomic E-state index is 12.3. The van der Waals surface area contributed by atoms with E-state index in [1.165, 1.54) is 12.1 Å². The second-order valence-corrected chi connectivity index (χ2v) is 6.31. The summed E-state index contributed by atoms with van der Waals surface area (Å²) in [6.45, 7) is -0.0164. The molecule has 0 radical (unpaired) electrons. The maximum atomic E-state index is 12.3. The van der Waals surface area contributed by atoms with Crippen LogP contribution in [0, 0.1) is 0 Å². The molecule has 0 aliphatic carbocycles. The molecule has 1 amide bonds. The van der Waals surface area contributed by atoms with Crippen molar-refractivity contribution in [1.29, 1.82) is 0 Å². The molecule has 0 aromatic heterocycles. The van der Waals surface area contributed by atoms with Crippen molar-refractivity contribution in [2.45, 2.75) is 11.4 Å². The number of carbonyl (C=O) groups is 1. The Bertz CT molecular complexity index is 784. The number of carbonyl (C=O) groups excluding carboxylic acids is 1. The number of phenols is 1. The molecule has 102 valence electrons. The first-order valence-corrected chi connectivity index (χ1v) is 7.38. The number of aromatic hydroxyl groups is 1. The Morgan fingerprint density at radius 2 is 1.75 bits per heavy atom. The number of rotatable bonds is 2. The van der Waals surface area contributed by atoms with Gasteiger partial charge in [-0.1, -0.05) is 30.3 Å². The fourth-order valence-corrected chi connectivity index (χ4v) is 3.75. The number of hydrogen-bond acceptors (Lipinski definition) is 4. The lowest BCUT2D eigenvalue weighted by Gasteiger charge is -2.14. The molecule has 0 saturated heterocycles. The molecule has 2 aromatic carbocycles. The lowest BCUT2D eigenvalue weighted by Crippen LogP contribution is -2.29. The fourth-order valence-electron chi connectivity index (χ4n) is 2.17. The third kappa shape index (κ3) is 1.85.